The van der Waals surface area contributed by atoms with Gasteiger partial charge >= 0.3 is 0 Å². The van der Waals surface area contributed by atoms with E-state index in [0.29, 0.717) is 0 Å². The molecule has 1 saturated heterocycles. The van der Waals surface area contributed by atoms with E-state index in [1.165, 1.54) is 0 Å². The van der Waals surface area contributed by atoms with Crippen LogP contribution in [-0.2, 0) is 0 Å². The van der Waals surface area contributed by atoms with Gasteiger partial charge in [-0.1, -0.05) is 12.1 Å². The Morgan fingerprint density at radius 1 is 1.21 bits per heavy atom. The largest absolute Gasteiger partial charge is 0.493 e. The number of hydrogen-bond acceptors (Lipinski definition) is 3. The normalized spacial score (nSPS) is 18.4. The quantitative estimate of drug-likeness (QED) is 0.787. The molecule has 0 bridgehead atoms. The van der Waals surface area contributed by atoms with Crippen LogP contribution >= 0.6 is 0 Å². The average Bonchev–Trinajstić information content (AvgIpc) is 2.16. The molecule has 1 heterocycles. The second-order valence-electron chi connectivity index (χ2n) is 3.81. The Balaban J connectivity index is 2.15. The van der Waals surface area contributed by atoms with Crippen LogP contribution in [0, 0.1) is 0 Å². The summed E-state index contributed by atoms with van der Waals surface area (Å²) in [5.74, 6) is 1.61. The fraction of sp³-hybridized carbons (Fsp3) is 0.455. The standard InChI is InChI=1S/C11H15NO2/c1-11(7-12-8-11)14-10-6-4-3-5-9(10)13-2/h3-6,12H,7-8H2,1-2H3. The molecule has 1 aliphatic rings. The topological polar surface area (TPSA) is 30.5 Å². The van der Waals surface area contributed by atoms with E-state index in [1.54, 1.807) is 7.11 Å². The molecule has 2 rings (SSSR count). The number of methoxy groups -OCH3 is 1. The van der Waals surface area contributed by atoms with Gasteiger partial charge in [0.15, 0.2) is 11.5 Å². The Morgan fingerprint density at radius 2 is 1.86 bits per heavy atom. The number of hydrogen-bond donors (Lipinski definition) is 1. The summed E-state index contributed by atoms with van der Waals surface area (Å²) < 4.78 is 11.1. The van der Waals surface area contributed by atoms with Gasteiger partial charge in [-0.3, -0.25) is 0 Å². The van der Waals surface area contributed by atoms with Crippen molar-refractivity contribution in [2.75, 3.05) is 20.2 Å². The molecule has 1 aromatic rings. The third-order valence-electron chi connectivity index (χ3n) is 2.42. The summed E-state index contributed by atoms with van der Waals surface area (Å²) in [6.45, 7) is 3.88. The molecule has 0 aliphatic carbocycles. The van der Waals surface area contributed by atoms with Crippen LogP contribution in [0.25, 0.3) is 0 Å². The van der Waals surface area contributed by atoms with Gasteiger partial charge in [-0.05, 0) is 19.1 Å². The minimum absolute atomic E-state index is 0.0748. The lowest BCUT2D eigenvalue weighted by atomic mass is 10.00. The number of para-hydroxylation sites is 2. The summed E-state index contributed by atoms with van der Waals surface area (Å²) in [7, 11) is 1.66. The second kappa shape index (κ2) is 3.50. The van der Waals surface area contributed by atoms with Gasteiger partial charge in [-0.2, -0.15) is 0 Å². The minimum atomic E-state index is -0.0748. The summed E-state index contributed by atoms with van der Waals surface area (Å²) in [5, 5.41) is 3.19. The van der Waals surface area contributed by atoms with Gasteiger partial charge in [0.25, 0.3) is 0 Å². The van der Waals surface area contributed by atoms with Gasteiger partial charge in [0.2, 0.25) is 0 Å². The van der Waals surface area contributed by atoms with Crippen LogP contribution in [0.1, 0.15) is 6.92 Å². The lowest BCUT2D eigenvalue weighted by molar-refractivity contribution is 0.0324. The molecule has 1 fully saturated rings. The zero-order valence-corrected chi connectivity index (χ0v) is 8.54. The fourth-order valence-corrected chi connectivity index (χ4v) is 1.52. The van der Waals surface area contributed by atoms with E-state index in [2.05, 4.69) is 12.2 Å². The van der Waals surface area contributed by atoms with Crippen LogP contribution in [0.2, 0.25) is 0 Å². The molecule has 1 aromatic carbocycles. The molecule has 3 nitrogen and oxygen atoms in total. The maximum Gasteiger partial charge on any atom is 0.162 e. The molecule has 0 atom stereocenters. The first-order valence-corrected chi connectivity index (χ1v) is 4.76. The average molecular weight is 193 g/mol. The first-order chi connectivity index (χ1) is 6.73. The zero-order valence-electron chi connectivity index (χ0n) is 8.54. The molecular weight excluding hydrogens is 178 g/mol. The number of benzene rings is 1. The van der Waals surface area contributed by atoms with Crippen molar-refractivity contribution < 1.29 is 9.47 Å². The van der Waals surface area contributed by atoms with Gasteiger partial charge in [0.1, 0.15) is 5.60 Å². The highest BCUT2D eigenvalue weighted by Gasteiger charge is 2.34. The number of nitrogens with one attached hydrogen (secondary N) is 1. The third-order valence-corrected chi connectivity index (χ3v) is 2.42. The Bertz CT molecular complexity index is 321. The monoisotopic (exact) mass is 193 g/mol. The molecule has 0 radical (unpaired) electrons. The van der Waals surface area contributed by atoms with Crippen LogP contribution in [-0.4, -0.2) is 25.8 Å². The van der Waals surface area contributed by atoms with Crippen molar-refractivity contribution in [3.63, 3.8) is 0 Å². The lowest BCUT2D eigenvalue weighted by Gasteiger charge is -2.39. The van der Waals surface area contributed by atoms with E-state index in [1.807, 2.05) is 24.3 Å². The van der Waals surface area contributed by atoms with Gasteiger partial charge < -0.3 is 14.8 Å². The Labute approximate surface area is 84.0 Å². The summed E-state index contributed by atoms with van der Waals surface area (Å²) in [6, 6.07) is 7.73. The summed E-state index contributed by atoms with van der Waals surface area (Å²) in [5.41, 5.74) is -0.0748. The summed E-state index contributed by atoms with van der Waals surface area (Å²) in [6.07, 6.45) is 0. The van der Waals surface area contributed by atoms with Crippen molar-refractivity contribution in [2.45, 2.75) is 12.5 Å². The summed E-state index contributed by atoms with van der Waals surface area (Å²) >= 11 is 0. The van der Waals surface area contributed by atoms with Crippen molar-refractivity contribution in [2.24, 2.45) is 0 Å². The highest BCUT2D eigenvalue weighted by molar-refractivity contribution is 5.40. The van der Waals surface area contributed by atoms with E-state index >= 15 is 0 Å². The number of ether oxygens (including phenoxy) is 2. The summed E-state index contributed by atoms with van der Waals surface area (Å²) in [4.78, 5) is 0. The molecule has 14 heavy (non-hydrogen) atoms. The number of rotatable bonds is 3. The molecular formula is C11H15NO2. The Morgan fingerprint density at radius 3 is 2.36 bits per heavy atom. The van der Waals surface area contributed by atoms with Crippen LogP contribution in [0.5, 0.6) is 11.5 Å². The second-order valence-corrected chi connectivity index (χ2v) is 3.81. The molecule has 0 amide bonds. The fourth-order valence-electron chi connectivity index (χ4n) is 1.52. The zero-order chi connectivity index (χ0) is 10.0. The molecule has 0 saturated carbocycles. The maximum absolute atomic E-state index is 5.87. The van der Waals surface area contributed by atoms with Crippen molar-refractivity contribution in [3.05, 3.63) is 24.3 Å². The maximum atomic E-state index is 5.87. The molecule has 76 valence electrons. The Kier molecular flexibility index (Phi) is 2.33. The molecule has 0 unspecified atom stereocenters. The van der Waals surface area contributed by atoms with Gasteiger partial charge in [0, 0.05) is 13.1 Å². The first kappa shape index (κ1) is 9.34. The minimum Gasteiger partial charge on any atom is -0.493 e. The van der Waals surface area contributed by atoms with Crippen LogP contribution < -0.4 is 14.8 Å². The SMILES string of the molecule is COc1ccccc1OC1(C)CNC1. The smallest absolute Gasteiger partial charge is 0.162 e. The third kappa shape index (κ3) is 1.68. The predicted octanol–water partition coefficient (Wildman–Crippen LogP) is 1.44. The predicted molar refractivity (Wildman–Crippen MR) is 54.9 cm³/mol. The van der Waals surface area contributed by atoms with Gasteiger partial charge in [-0.25, -0.2) is 0 Å². The highest BCUT2D eigenvalue weighted by atomic mass is 16.5. The van der Waals surface area contributed by atoms with Gasteiger partial charge in [0.05, 0.1) is 7.11 Å². The van der Waals surface area contributed by atoms with Crippen molar-refractivity contribution in [1.29, 1.82) is 0 Å². The van der Waals surface area contributed by atoms with E-state index in [4.69, 9.17) is 9.47 Å². The van der Waals surface area contributed by atoms with Crippen LogP contribution in [0.15, 0.2) is 24.3 Å². The van der Waals surface area contributed by atoms with E-state index in [9.17, 15) is 0 Å². The first-order valence-electron chi connectivity index (χ1n) is 4.76. The van der Waals surface area contributed by atoms with E-state index in [0.717, 1.165) is 24.6 Å². The van der Waals surface area contributed by atoms with Crippen LogP contribution in [0.3, 0.4) is 0 Å². The molecule has 0 spiro atoms. The Hall–Kier alpha value is -1.22. The molecule has 3 heteroatoms. The molecule has 0 aromatic heterocycles. The van der Waals surface area contributed by atoms with Crippen LogP contribution in [0.4, 0.5) is 0 Å². The van der Waals surface area contributed by atoms with Crippen molar-refractivity contribution in [3.8, 4) is 11.5 Å². The highest BCUT2D eigenvalue weighted by Crippen LogP contribution is 2.30. The van der Waals surface area contributed by atoms with E-state index < -0.39 is 0 Å². The lowest BCUT2D eigenvalue weighted by Crippen LogP contribution is -2.61. The van der Waals surface area contributed by atoms with Crippen molar-refractivity contribution in [1.82, 2.24) is 5.32 Å². The van der Waals surface area contributed by atoms with Gasteiger partial charge in [-0.15, -0.1) is 0 Å². The molecule has 1 N–H and O–H groups in total. The van der Waals surface area contributed by atoms with Crippen molar-refractivity contribution >= 4 is 0 Å². The van der Waals surface area contributed by atoms with E-state index in [-0.39, 0.29) is 5.60 Å². The molecule has 1 aliphatic heterocycles.